The summed E-state index contributed by atoms with van der Waals surface area (Å²) in [5.41, 5.74) is 0.431. The lowest BCUT2D eigenvalue weighted by Crippen LogP contribution is -2.65. The first kappa shape index (κ1) is 16.6. The topological polar surface area (TPSA) is 15.3 Å². The zero-order chi connectivity index (χ0) is 14.6. The van der Waals surface area contributed by atoms with Crippen LogP contribution in [0.25, 0.3) is 0 Å². The van der Waals surface area contributed by atoms with Crippen LogP contribution in [0.1, 0.15) is 53.4 Å². The van der Waals surface area contributed by atoms with Crippen molar-refractivity contribution in [1.82, 2.24) is 10.2 Å². The molecule has 118 valence electrons. The van der Waals surface area contributed by atoms with Crippen LogP contribution >= 0.6 is 11.8 Å². The van der Waals surface area contributed by atoms with Gasteiger partial charge in [0.1, 0.15) is 0 Å². The molecule has 0 aromatic rings. The highest BCUT2D eigenvalue weighted by molar-refractivity contribution is 7.99. The maximum atomic E-state index is 3.87. The van der Waals surface area contributed by atoms with Gasteiger partial charge in [-0.2, -0.15) is 11.8 Å². The van der Waals surface area contributed by atoms with Gasteiger partial charge in [0.2, 0.25) is 0 Å². The van der Waals surface area contributed by atoms with Gasteiger partial charge in [0.05, 0.1) is 0 Å². The first-order valence-corrected chi connectivity index (χ1v) is 9.83. The first-order chi connectivity index (χ1) is 9.61. The molecule has 0 aromatic carbocycles. The Bertz CT molecular complexity index is 293. The Balaban J connectivity index is 1.92. The molecule has 0 amide bonds. The minimum Gasteiger partial charge on any atom is -0.311 e. The molecule has 0 spiro atoms. The van der Waals surface area contributed by atoms with E-state index in [2.05, 4.69) is 49.7 Å². The molecule has 1 aliphatic carbocycles. The summed E-state index contributed by atoms with van der Waals surface area (Å²) >= 11 is 2.09. The minimum atomic E-state index is 0.431. The van der Waals surface area contributed by atoms with E-state index in [1.54, 1.807) is 0 Å². The van der Waals surface area contributed by atoms with Gasteiger partial charge in [0.25, 0.3) is 0 Å². The number of nitrogens with zero attached hydrogens (tertiary/aromatic N) is 1. The molecule has 1 heterocycles. The summed E-state index contributed by atoms with van der Waals surface area (Å²) in [5, 5.41) is 3.87. The summed E-state index contributed by atoms with van der Waals surface area (Å²) < 4.78 is 0. The number of rotatable bonds is 8. The molecule has 0 aromatic heterocycles. The molecule has 1 N–H and O–H groups in total. The molecule has 20 heavy (non-hydrogen) atoms. The van der Waals surface area contributed by atoms with E-state index in [4.69, 9.17) is 0 Å². The number of nitrogens with one attached hydrogen (secondary N) is 1. The van der Waals surface area contributed by atoms with Crippen molar-refractivity contribution in [2.24, 2.45) is 11.8 Å². The van der Waals surface area contributed by atoms with Crippen molar-refractivity contribution < 1.29 is 0 Å². The average Bonchev–Trinajstić information content (AvgIpc) is 3.29. The Morgan fingerprint density at radius 1 is 1.35 bits per heavy atom. The second kappa shape index (κ2) is 7.51. The fraction of sp³-hybridized carbons (Fsp3) is 1.00. The molecule has 1 saturated carbocycles. The molecule has 2 aliphatic rings. The quantitative estimate of drug-likeness (QED) is 0.689. The number of hydrogen-bond donors (Lipinski definition) is 1. The van der Waals surface area contributed by atoms with E-state index in [0.717, 1.165) is 11.8 Å². The standard InChI is InChI=1S/C17H34N2S/c1-5-14(3)16-12-19(10-7-11-20-6-2)17(4,13-18-16)15-8-9-15/h14-16,18H,5-13H2,1-4H3. The minimum absolute atomic E-state index is 0.431. The molecule has 3 atom stereocenters. The number of thioether (sulfide) groups is 1. The smallest absolute Gasteiger partial charge is 0.0334 e. The molecule has 2 nitrogen and oxygen atoms in total. The van der Waals surface area contributed by atoms with Crippen molar-refractivity contribution in [3.63, 3.8) is 0 Å². The van der Waals surface area contributed by atoms with Gasteiger partial charge in [-0.15, -0.1) is 0 Å². The Hall–Kier alpha value is 0.270. The Morgan fingerprint density at radius 3 is 2.70 bits per heavy atom. The number of hydrogen-bond acceptors (Lipinski definition) is 3. The zero-order valence-electron chi connectivity index (χ0n) is 14.0. The average molecular weight is 299 g/mol. The van der Waals surface area contributed by atoms with Gasteiger partial charge < -0.3 is 5.32 Å². The van der Waals surface area contributed by atoms with Crippen LogP contribution in [0.15, 0.2) is 0 Å². The first-order valence-electron chi connectivity index (χ1n) is 8.68. The van der Waals surface area contributed by atoms with Gasteiger partial charge in [0.15, 0.2) is 0 Å². The van der Waals surface area contributed by atoms with E-state index in [1.165, 1.54) is 56.8 Å². The summed E-state index contributed by atoms with van der Waals surface area (Å²) in [6.07, 6.45) is 5.55. The van der Waals surface area contributed by atoms with Crippen LogP contribution in [0.3, 0.4) is 0 Å². The summed E-state index contributed by atoms with van der Waals surface area (Å²) in [6, 6.07) is 0.700. The van der Waals surface area contributed by atoms with E-state index < -0.39 is 0 Å². The van der Waals surface area contributed by atoms with Crippen molar-refractivity contribution in [2.75, 3.05) is 31.1 Å². The molecular weight excluding hydrogens is 264 g/mol. The van der Waals surface area contributed by atoms with E-state index in [-0.39, 0.29) is 0 Å². The van der Waals surface area contributed by atoms with Crippen LogP contribution in [-0.4, -0.2) is 47.6 Å². The van der Waals surface area contributed by atoms with Crippen LogP contribution < -0.4 is 5.32 Å². The zero-order valence-corrected chi connectivity index (χ0v) is 14.8. The molecule has 3 unspecified atom stereocenters. The van der Waals surface area contributed by atoms with E-state index >= 15 is 0 Å². The van der Waals surface area contributed by atoms with Crippen LogP contribution in [0.5, 0.6) is 0 Å². The van der Waals surface area contributed by atoms with Gasteiger partial charge in [-0.05, 0) is 56.1 Å². The van der Waals surface area contributed by atoms with Crippen molar-refractivity contribution in [2.45, 2.75) is 65.0 Å². The van der Waals surface area contributed by atoms with Gasteiger partial charge in [-0.25, -0.2) is 0 Å². The molecule has 2 fully saturated rings. The third-order valence-electron chi connectivity index (χ3n) is 5.57. The maximum Gasteiger partial charge on any atom is 0.0334 e. The lowest BCUT2D eigenvalue weighted by molar-refractivity contribution is 0.0238. The summed E-state index contributed by atoms with van der Waals surface area (Å²) in [6.45, 7) is 13.3. The lowest BCUT2D eigenvalue weighted by atomic mass is 9.86. The predicted molar refractivity (Wildman–Crippen MR) is 91.6 cm³/mol. The van der Waals surface area contributed by atoms with E-state index in [0.29, 0.717) is 11.6 Å². The molecule has 2 rings (SSSR count). The summed E-state index contributed by atoms with van der Waals surface area (Å²) in [4.78, 5) is 2.84. The summed E-state index contributed by atoms with van der Waals surface area (Å²) in [7, 11) is 0. The van der Waals surface area contributed by atoms with Gasteiger partial charge >= 0.3 is 0 Å². The van der Waals surface area contributed by atoms with E-state index in [9.17, 15) is 0 Å². The van der Waals surface area contributed by atoms with Crippen LogP contribution in [0, 0.1) is 11.8 Å². The molecule has 0 radical (unpaired) electrons. The third kappa shape index (κ3) is 3.92. The van der Waals surface area contributed by atoms with Crippen LogP contribution in [0.4, 0.5) is 0 Å². The highest BCUT2D eigenvalue weighted by Crippen LogP contribution is 2.44. The molecule has 1 aliphatic heterocycles. The van der Waals surface area contributed by atoms with E-state index in [1.807, 2.05) is 0 Å². The second-order valence-electron chi connectivity index (χ2n) is 7.00. The van der Waals surface area contributed by atoms with Crippen molar-refractivity contribution >= 4 is 11.8 Å². The highest BCUT2D eigenvalue weighted by Gasteiger charge is 2.48. The van der Waals surface area contributed by atoms with Crippen LogP contribution in [0.2, 0.25) is 0 Å². The van der Waals surface area contributed by atoms with Crippen molar-refractivity contribution in [3.05, 3.63) is 0 Å². The van der Waals surface area contributed by atoms with Crippen LogP contribution in [-0.2, 0) is 0 Å². The van der Waals surface area contributed by atoms with Gasteiger partial charge in [0, 0.05) is 24.7 Å². The fourth-order valence-electron chi connectivity index (χ4n) is 3.58. The largest absolute Gasteiger partial charge is 0.311 e. The monoisotopic (exact) mass is 298 g/mol. The highest BCUT2D eigenvalue weighted by atomic mass is 32.2. The molecule has 3 heteroatoms. The van der Waals surface area contributed by atoms with Gasteiger partial charge in [-0.1, -0.05) is 27.2 Å². The predicted octanol–water partition coefficient (Wildman–Crippen LogP) is 3.62. The second-order valence-corrected chi connectivity index (χ2v) is 8.39. The Morgan fingerprint density at radius 2 is 2.10 bits per heavy atom. The Kier molecular flexibility index (Phi) is 6.25. The molecular formula is C17H34N2S. The molecule has 1 saturated heterocycles. The Labute approximate surface area is 130 Å². The third-order valence-corrected chi connectivity index (χ3v) is 6.56. The summed E-state index contributed by atoms with van der Waals surface area (Å²) in [5.74, 6) is 4.34. The lowest BCUT2D eigenvalue weighted by Gasteiger charge is -2.50. The fourth-order valence-corrected chi connectivity index (χ4v) is 4.20. The van der Waals surface area contributed by atoms with Crippen molar-refractivity contribution in [1.29, 1.82) is 0 Å². The molecule has 0 bridgehead atoms. The SMILES string of the molecule is CCSCCCN1CC(C(C)CC)NCC1(C)C1CC1. The normalized spacial score (nSPS) is 33.3. The van der Waals surface area contributed by atoms with Crippen molar-refractivity contribution in [3.8, 4) is 0 Å². The number of piperazine rings is 1. The van der Waals surface area contributed by atoms with Gasteiger partial charge in [-0.3, -0.25) is 4.90 Å². The maximum absolute atomic E-state index is 3.87.